The Morgan fingerprint density at radius 2 is 1.97 bits per heavy atom. The molecule has 1 aliphatic rings. The number of nitrogens with zero attached hydrogens (tertiary/aromatic N) is 2. The van der Waals surface area contributed by atoms with Crippen molar-refractivity contribution >= 4 is 39.8 Å². The minimum Gasteiger partial charge on any atom is -0.487 e. The van der Waals surface area contributed by atoms with Crippen LogP contribution in [-0.2, 0) is 6.61 Å². The summed E-state index contributed by atoms with van der Waals surface area (Å²) >= 11 is 6.40. The summed E-state index contributed by atoms with van der Waals surface area (Å²) < 4.78 is 19.1. The van der Waals surface area contributed by atoms with Gasteiger partial charge in [-0.05, 0) is 66.9 Å². The molecule has 1 aromatic heterocycles. The highest BCUT2D eigenvalue weighted by Crippen LogP contribution is 2.34. The van der Waals surface area contributed by atoms with Gasteiger partial charge in [0.05, 0.1) is 10.5 Å². The predicted molar refractivity (Wildman–Crippen MR) is 122 cm³/mol. The average molecular weight is 448 g/mol. The zero-order chi connectivity index (χ0) is 22.1. The molecule has 0 radical (unpaired) electrons. The molecule has 1 heterocycles. The lowest BCUT2D eigenvalue weighted by Crippen LogP contribution is -2.02. The number of halogens is 2. The third kappa shape index (κ3) is 4.41. The number of carbonyl (C=O) groups excluding carboxylic acids is 1. The third-order valence-electron chi connectivity index (χ3n) is 5.35. The number of aromatic nitrogens is 2. The molecule has 5 rings (SSSR count). The normalized spacial score (nSPS) is 13.2. The molecule has 32 heavy (non-hydrogen) atoms. The van der Waals surface area contributed by atoms with Crippen molar-refractivity contribution in [2.45, 2.75) is 19.4 Å². The molecule has 3 aromatic carbocycles. The first-order valence-corrected chi connectivity index (χ1v) is 10.7. The quantitative estimate of drug-likeness (QED) is 0.335. The summed E-state index contributed by atoms with van der Waals surface area (Å²) in [5.74, 6) is 1.09. The highest BCUT2D eigenvalue weighted by molar-refractivity contribution is 6.32. The second-order valence-electron chi connectivity index (χ2n) is 7.78. The molecule has 7 heteroatoms. The van der Waals surface area contributed by atoms with Crippen LogP contribution in [0.25, 0.3) is 10.9 Å². The van der Waals surface area contributed by atoms with E-state index in [4.69, 9.17) is 16.3 Å². The Kier molecular flexibility index (Phi) is 5.45. The largest absolute Gasteiger partial charge is 0.487 e. The van der Waals surface area contributed by atoms with Crippen LogP contribution in [0.15, 0.2) is 67.0 Å². The number of hydrogen-bond acceptors (Lipinski definition) is 5. The van der Waals surface area contributed by atoms with Crippen molar-refractivity contribution in [2.75, 3.05) is 5.32 Å². The van der Waals surface area contributed by atoms with Crippen molar-refractivity contribution in [1.82, 2.24) is 9.97 Å². The van der Waals surface area contributed by atoms with Gasteiger partial charge < -0.3 is 10.1 Å². The van der Waals surface area contributed by atoms with Gasteiger partial charge in [0.15, 0.2) is 5.78 Å². The topological polar surface area (TPSA) is 64.1 Å². The summed E-state index contributed by atoms with van der Waals surface area (Å²) in [5, 5.41) is 4.43. The molecule has 4 aromatic rings. The van der Waals surface area contributed by atoms with E-state index in [-0.39, 0.29) is 24.1 Å². The number of ether oxygens (including phenoxy) is 1. The van der Waals surface area contributed by atoms with E-state index in [9.17, 15) is 9.18 Å². The molecule has 0 bridgehead atoms. The molecule has 0 atom stereocenters. The fourth-order valence-electron chi connectivity index (χ4n) is 3.51. The minimum atomic E-state index is -0.309. The lowest BCUT2D eigenvalue weighted by atomic mass is 10.0. The van der Waals surface area contributed by atoms with E-state index in [1.54, 1.807) is 24.3 Å². The van der Waals surface area contributed by atoms with Crippen molar-refractivity contribution in [3.8, 4) is 5.75 Å². The molecule has 0 saturated heterocycles. The zero-order valence-electron chi connectivity index (χ0n) is 17.0. The van der Waals surface area contributed by atoms with E-state index in [1.807, 2.05) is 24.3 Å². The van der Waals surface area contributed by atoms with Gasteiger partial charge >= 0.3 is 0 Å². The third-order valence-corrected chi connectivity index (χ3v) is 5.64. The van der Waals surface area contributed by atoms with Gasteiger partial charge in [-0.15, -0.1) is 0 Å². The maximum atomic E-state index is 13.3. The molecule has 0 unspecified atom stereocenters. The van der Waals surface area contributed by atoms with Crippen LogP contribution in [-0.4, -0.2) is 15.8 Å². The van der Waals surface area contributed by atoms with Crippen LogP contribution in [0.5, 0.6) is 5.75 Å². The smallest absolute Gasteiger partial charge is 0.165 e. The van der Waals surface area contributed by atoms with E-state index in [1.165, 1.54) is 18.5 Å². The molecule has 0 spiro atoms. The molecule has 1 saturated carbocycles. The van der Waals surface area contributed by atoms with Gasteiger partial charge in [-0.1, -0.05) is 23.7 Å². The molecule has 0 aliphatic heterocycles. The number of rotatable bonds is 7. The molecule has 160 valence electrons. The Labute approximate surface area is 189 Å². The molecular weight excluding hydrogens is 429 g/mol. The van der Waals surface area contributed by atoms with E-state index in [2.05, 4.69) is 15.3 Å². The first kappa shape index (κ1) is 20.4. The van der Waals surface area contributed by atoms with Gasteiger partial charge in [-0.3, -0.25) is 4.79 Å². The number of fused-ring (bicyclic) bond motifs is 1. The summed E-state index contributed by atoms with van der Waals surface area (Å²) in [6, 6.07) is 17.0. The lowest BCUT2D eigenvalue weighted by Gasteiger charge is -2.12. The number of carbonyl (C=O) groups is 1. The Hall–Kier alpha value is -3.51. The summed E-state index contributed by atoms with van der Waals surface area (Å²) in [6.07, 6.45) is 3.39. The average Bonchev–Trinajstić information content (AvgIpc) is 3.64. The Morgan fingerprint density at radius 3 is 2.75 bits per heavy atom. The Bertz CT molecular complexity index is 1320. The van der Waals surface area contributed by atoms with E-state index < -0.39 is 0 Å². The van der Waals surface area contributed by atoms with Gasteiger partial charge in [0.25, 0.3) is 0 Å². The van der Waals surface area contributed by atoms with E-state index in [0.29, 0.717) is 33.4 Å². The van der Waals surface area contributed by atoms with Gasteiger partial charge in [0.2, 0.25) is 0 Å². The minimum absolute atomic E-state index is 0.146. The van der Waals surface area contributed by atoms with E-state index >= 15 is 0 Å². The second kappa shape index (κ2) is 8.55. The maximum Gasteiger partial charge on any atom is 0.165 e. The molecule has 1 aliphatic carbocycles. The van der Waals surface area contributed by atoms with Crippen LogP contribution in [0.4, 0.5) is 15.9 Å². The fraction of sp³-hybridized carbons (Fsp3) is 0.160. The zero-order valence-corrected chi connectivity index (χ0v) is 17.8. The summed E-state index contributed by atoms with van der Waals surface area (Å²) in [5.41, 5.74) is 2.85. The molecule has 1 fully saturated rings. The SMILES string of the molecule is O=C(c1ccc2ncnc(Nc3ccc(OCc4cccc(F)c4)c(Cl)c3)c2c1)C1CC1. The van der Waals surface area contributed by atoms with Crippen LogP contribution < -0.4 is 10.1 Å². The summed E-state index contributed by atoms with van der Waals surface area (Å²) in [7, 11) is 0. The molecule has 5 nitrogen and oxygen atoms in total. The van der Waals surface area contributed by atoms with E-state index in [0.717, 1.165) is 23.7 Å². The summed E-state index contributed by atoms with van der Waals surface area (Å²) in [6.45, 7) is 0.207. The van der Waals surface area contributed by atoms with Gasteiger partial charge in [-0.25, -0.2) is 14.4 Å². The fourth-order valence-corrected chi connectivity index (χ4v) is 3.75. The lowest BCUT2D eigenvalue weighted by molar-refractivity contribution is 0.0968. The Morgan fingerprint density at radius 1 is 1.09 bits per heavy atom. The maximum absolute atomic E-state index is 13.3. The Balaban J connectivity index is 1.36. The highest BCUT2D eigenvalue weighted by Gasteiger charge is 2.30. The first-order chi connectivity index (χ1) is 15.6. The van der Waals surface area contributed by atoms with Crippen LogP contribution in [0, 0.1) is 11.7 Å². The second-order valence-corrected chi connectivity index (χ2v) is 8.19. The molecular formula is C25H19ClFN3O2. The van der Waals surface area contributed by atoms with Crippen LogP contribution in [0.2, 0.25) is 5.02 Å². The number of nitrogens with one attached hydrogen (secondary N) is 1. The monoisotopic (exact) mass is 447 g/mol. The van der Waals surface area contributed by atoms with Gasteiger partial charge in [0, 0.05) is 22.6 Å². The number of hydrogen-bond donors (Lipinski definition) is 1. The molecule has 1 N–H and O–H groups in total. The van der Waals surface area contributed by atoms with Gasteiger partial charge in [0.1, 0.15) is 30.3 Å². The highest BCUT2D eigenvalue weighted by atomic mass is 35.5. The first-order valence-electron chi connectivity index (χ1n) is 10.3. The van der Waals surface area contributed by atoms with Crippen molar-refractivity contribution in [3.05, 3.63) is 89.0 Å². The van der Waals surface area contributed by atoms with Gasteiger partial charge in [-0.2, -0.15) is 0 Å². The van der Waals surface area contributed by atoms with Crippen LogP contribution in [0.1, 0.15) is 28.8 Å². The van der Waals surface area contributed by atoms with Crippen molar-refractivity contribution in [1.29, 1.82) is 0 Å². The predicted octanol–water partition coefficient (Wildman–Crippen LogP) is 6.34. The standard InChI is InChI=1S/C25H19ClFN3O2/c26-21-12-19(7-9-23(21)32-13-15-2-1-3-18(27)10-15)30-25-20-11-17(24(31)16-4-5-16)6-8-22(20)28-14-29-25/h1-3,6-12,14,16H,4-5,13H2,(H,28,29,30). The molecule has 0 amide bonds. The van der Waals surface area contributed by atoms with Crippen LogP contribution >= 0.6 is 11.6 Å². The van der Waals surface area contributed by atoms with Crippen molar-refractivity contribution in [3.63, 3.8) is 0 Å². The number of benzene rings is 3. The van der Waals surface area contributed by atoms with Crippen molar-refractivity contribution < 1.29 is 13.9 Å². The van der Waals surface area contributed by atoms with Crippen LogP contribution in [0.3, 0.4) is 0 Å². The number of Topliss-reactive ketones (excluding diaryl/α,β-unsaturated/α-hetero) is 1. The summed E-state index contributed by atoms with van der Waals surface area (Å²) in [4.78, 5) is 21.1. The number of anilines is 2. The van der Waals surface area contributed by atoms with Crippen molar-refractivity contribution in [2.24, 2.45) is 5.92 Å². The number of ketones is 1.